The average Bonchev–Trinajstić information content (AvgIpc) is 2.12. The van der Waals surface area contributed by atoms with Crippen LogP contribution >= 0.6 is 0 Å². The van der Waals surface area contributed by atoms with Gasteiger partial charge in [-0.3, -0.25) is 4.79 Å². The Hall–Kier alpha value is -1.58. The Morgan fingerprint density at radius 3 is 2.57 bits per heavy atom. The van der Waals surface area contributed by atoms with Gasteiger partial charge in [-0.25, -0.2) is 4.39 Å². The summed E-state index contributed by atoms with van der Waals surface area (Å²) in [5, 5.41) is 9.36. The Kier molecular flexibility index (Phi) is 2.74. The Morgan fingerprint density at radius 2 is 2.14 bits per heavy atom. The van der Waals surface area contributed by atoms with Crippen LogP contribution in [0.1, 0.15) is 22.8 Å². The van der Waals surface area contributed by atoms with Crippen molar-refractivity contribution < 1.29 is 19.0 Å². The molecule has 1 aromatic rings. The largest absolute Gasteiger partial charge is 0.502 e. The van der Waals surface area contributed by atoms with Crippen LogP contribution in [0.25, 0.3) is 0 Å². The van der Waals surface area contributed by atoms with E-state index in [0.717, 1.165) is 0 Å². The van der Waals surface area contributed by atoms with Crippen LogP contribution in [0.5, 0.6) is 11.5 Å². The third-order valence-electron chi connectivity index (χ3n) is 1.96. The molecule has 0 amide bonds. The SMILES string of the molecule is COc1c(C)cc(C(C)=O)c(F)c1O. The van der Waals surface area contributed by atoms with E-state index in [1.807, 2.05) is 0 Å². The number of benzene rings is 1. The molecule has 4 heteroatoms. The van der Waals surface area contributed by atoms with Gasteiger partial charge in [0.2, 0.25) is 0 Å². The minimum atomic E-state index is -0.931. The highest BCUT2D eigenvalue weighted by molar-refractivity contribution is 5.95. The number of phenols is 1. The number of carbonyl (C=O) groups is 1. The minimum absolute atomic E-state index is 0.0625. The molecular weight excluding hydrogens is 187 g/mol. The van der Waals surface area contributed by atoms with E-state index in [1.54, 1.807) is 6.92 Å². The minimum Gasteiger partial charge on any atom is -0.502 e. The Labute approximate surface area is 81.1 Å². The molecule has 0 aliphatic carbocycles. The van der Waals surface area contributed by atoms with E-state index >= 15 is 0 Å². The highest BCUT2D eigenvalue weighted by Gasteiger charge is 2.18. The number of hydrogen-bond donors (Lipinski definition) is 1. The summed E-state index contributed by atoms with van der Waals surface area (Å²) in [6.45, 7) is 2.87. The number of rotatable bonds is 2. The van der Waals surface area contributed by atoms with E-state index in [4.69, 9.17) is 4.74 Å². The monoisotopic (exact) mass is 198 g/mol. The molecular formula is C10H11FO3. The zero-order chi connectivity index (χ0) is 10.9. The Bertz CT molecular complexity index is 385. The molecule has 0 aliphatic rings. The molecule has 0 radical (unpaired) electrons. The fraction of sp³-hybridized carbons (Fsp3) is 0.300. The van der Waals surface area contributed by atoms with Crippen molar-refractivity contribution in [1.29, 1.82) is 0 Å². The number of halogens is 1. The maximum atomic E-state index is 13.3. The van der Waals surface area contributed by atoms with Crippen LogP contribution in [0, 0.1) is 12.7 Å². The zero-order valence-electron chi connectivity index (χ0n) is 8.22. The molecule has 0 bridgehead atoms. The van der Waals surface area contributed by atoms with Gasteiger partial charge in [-0.2, -0.15) is 0 Å². The van der Waals surface area contributed by atoms with Gasteiger partial charge >= 0.3 is 0 Å². The lowest BCUT2D eigenvalue weighted by atomic mass is 10.1. The van der Waals surface area contributed by atoms with Crippen LogP contribution in [-0.2, 0) is 0 Å². The first-order chi connectivity index (χ1) is 6.49. The maximum Gasteiger partial charge on any atom is 0.195 e. The molecule has 76 valence electrons. The van der Waals surface area contributed by atoms with E-state index in [1.165, 1.54) is 20.1 Å². The van der Waals surface area contributed by atoms with Gasteiger partial charge in [0.1, 0.15) is 0 Å². The Balaban J connectivity index is 3.47. The molecule has 0 unspecified atom stereocenters. The number of ether oxygens (including phenoxy) is 1. The normalized spacial score (nSPS) is 10.0. The van der Waals surface area contributed by atoms with Crippen molar-refractivity contribution in [3.05, 3.63) is 23.0 Å². The summed E-state index contributed by atoms with van der Waals surface area (Å²) in [6, 6.07) is 1.36. The predicted octanol–water partition coefficient (Wildman–Crippen LogP) is 2.05. The lowest BCUT2D eigenvalue weighted by molar-refractivity contribution is 0.101. The van der Waals surface area contributed by atoms with Crippen LogP contribution in [0.15, 0.2) is 6.07 Å². The number of methoxy groups -OCH3 is 1. The van der Waals surface area contributed by atoms with Gasteiger partial charge in [0.25, 0.3) is 0 Å². The van der Waals surface area contributed by atoms with Crippen LogP contribution < -0.4 is 4.74 Å². The smallest absolute Gasteiger partial charge is 0.195 e. The van der Waals surface area contributed by atoms with Crippen molar-refractivity contribution in [2.75, 3.05) is 7.11 Å². The van der Waals surface area contributed by atoms with Crippen molar-refractivity contribution in [3.8, 4) is 11.5 Å². The lowest BCUT2D eigenvalue weighted by Gasteiger charge is -2.09. The molecule has 0 heterocycles. The zero-order valence-corrected chi connectivity index (χ0v) is 8.22. The summed E-state index contributed by atoms with van der Waals surface area (Å²) in [6.07, 6.45) is 0. The second kappa shape index (κ2) is 3.65. The predicted molar refractivity (Wildman–Crippen MR) is 49.4 cm³/mol. The molecule has 0 spiro atoms. The summed E-state index contributed by atoms with van der Waals surface area (Å²) >= 11 is 0. The van der Waals surface area contributed by atoms with Crippen LogP contribution in [-0.4, -0.2) is 18.0 Å². The summed E-state index contributed by atoms with van der Waals surface area (Å²) in [7, 11) is 1.33. The molecule has 1 N–H and O–H groups in total. The van der Waals surface area contributed by atoms with Gasteiger partial charge in [0.15, 0.2) is 23.1 Å². The van der Waals surface area contributed by atoms with Gasteiger partial charge in [0, 0.05) is 0 Å². The molecule has 14 heavy (non-hydrogen) atoms. The van der Waals surface area contributed by atoms with Gasteiger partial charge in [-0.05, 0) is 25.5 Å². The second-order valence-electron chi connectivity index (χ2n) is 2.99. The van der Waals surface area contributed by atoms with Crippen molar-refractivity contribution >= 4 is 5.78 Å². The number of Topliss-reactive ketones (excluding diaryl/α,β-unsaturated/α-hetero) is 1. The summed E-state index contributed by atoms with van der Waals surface area (Å²) in [4.78, 5) is 11.0. The fourth-order valence-corrected chi connectivity index (χ4v) is 1.27. The van der Waals surface area contributed by atoms with E-state index in [9.17, 15) is 14.3 Å². The quantitative estimate of drug-likeness (QED) is 0.740. The lowest BCUT2D eigenvalue weighted by Crippen LogP contribution is -2.00. The van der Waals surface area contributed by atoms with Crippen molar-refractivity contribution in [2.24, 2.45) is 0 Å². The number of aryl methyl sites for hydroxylation is 1. The van der Waals surface area contributed by atoms with Crippen LogP contribution in [0.4, 0.5) is 4.39 Å². The fourth-order valence-electron chi connectivity index (χ4n) is 1.27. The number of phenolic OH excluding ortho intramolecular Hbond substituents is 1. The van der Waals surface area contributed by atoms with Crippen molar-refractivity contribution in [1.82, 2.24) is 0 Å². The van der Waals surface area contributed by atoms with Crippen LogP contribution in [0.3, 0.4) is 0 Å². The maximum absolute atomic E-state index is 13.3. The van der Waals surface area contributed by atoms with Gasteiger partial charge in [-0.1, -0.05) is 0 Å². The summed E-state index contributed by atoms with van der Waals surface area (Å²) in [5.41, 5.74) is 0.400. The molecule has 0 aliphatic heterocycles. The third kappa shape index (κ3) is 1.55. The Morgan fingerprint density at radius 1 is 1.57 bits per heavy atom. The van der Waals surface area contributed by atoms with Gasteiger partial charge < -0.3 is 9.84 Å². The topological polar surface area (TPSA) is 46.5 Å². The van der Waals surface area contributed by atoms with Gasteiger partial charge in [0.05, 0.1) is 12.7 Å². The van der Waals surface area contributed by atoms with E-state index in [-0.39, 0.29) is 11.3 Å². The van der Waals surface area contributed by atoms with Crippen LogP contribution in [0.2, 0.25) is 0 Å². The number of ketones is 1. The second-order valence-corrected chi connectivity index (χ2v) is 2.99. The first-order valence-corrected chi connectivity index (χ1v) is 4.06. The number of aromatic hydroxyl groups is 1. The molecule has 0 atom stereocenters. The molecule has 0 saturated carbocycles. The number of carbonyl (C=O) groups excluding carboxylic acids is 1. The van der Waals surface area contributed by atoms with Crippen molar-refractivity contribution in [2.45, 2.75) is 13.8 Å². The van der Waals surface area contributed by atoms with E-state index in [0.29, 0.717) is 5.56 Å². The van der Waals surface area contributed by atoms with Crippen molar-refractivity contribution in [3.63, 3.8) is 0 Å². The molecule has 0 aromatic heterocycles. The molecule has 0 saturated heterocycles. The van der Waals surface area contributed by atoms with E-state index in [2.05, 4.69) is 0 Å². The molecule has 1 rings (SSSR count). The standard InChI is InChI=1S/C10H11FO3/c1-5-4-7(6(2)12)8(11)9(13)10(5)14-3/h4,13H,1-3H3. The molecule has 0 fully saturated rings. The summed E-state index contributed by atoms with van der Waals surface area (Å²) < 4.78 is 18.1. The number of hydrogen-bond acceptors (Lipinski definition) is 3. The third-order valence-corrected chi connectivity index (χ3v) is 1.96. The molecule has 3 nitrogen and oxygen atoms in total. The molecule has 1 aromatic carbocycles. The summed E-state index contributed by atoms with van der Waals surface area (Å²) in [5.74, 6) is -1.91. The van der Waals surface area contributed by atoms with E-state index < -0.39 is 17.3 Å². The highest BCUT2D eigenvalue weighted by Crippen LogP contribution is 2.34. The average molecular weight is 198 g/mol. The van der Waals surface area contributed by atoms with Gasteiger partial charge in [-0.15, -0.1) is 0 Å². The first-order valence-electron chi connectivity index (χ1n) is 4.06. The first kappa shape index (κ1) is 10.5. The highest BCUT2D eigenvalue weighted by atomic mass is 19.1.